The van der Waals surface area contributed by atoms with Gasteiger partial charge >= 0.3 is 0 Å². The number of aryl methyl sites for hydroxylation is 2. The maximum absolute atomic E-state index is 13.6. The van der Waals surface area contributed by atoms with Crippen LogP contribution in [0.2, 0.25) is 0 Å². The molecule has 31 heavy (non-hydrogen) atoms. The summed E-state index contributed by atoms with van der Waals surface area (Å²) in [6, 6.07) is 19.6. The molecule has 5 nitrogen and oxygen atoms in total. The van der Waals surface area contributed by atoms with Gasteiger partial charge in [0.1, 0.15) is 6.54 Å². The van der Waals surface area contributed by atoms with Crippen molar-refractivity contribution in [2.75, 3.05) is 22.4 Å². The van der Waals surface area contributed by atoms with Crippen molar-refractivity contribution in [3.05, 3.63) is 83.4 Å². The molecule has 0 bridgehead atoms. The molecule has 1 amide bonds. The molecule has 0 fully saturated rings. The van der Waals surface area contributed by atoms with Gasteiger partial charge in [0.25, 0.3) is 10.0 Å². The Morgan fingerprint density at radius 1 is 0.935 bits per heavy atom. The molecule has 3 aromatic rings. The van der Waals surface area contributed by atoms with Crippen molar-refractivity contribution < 1.29 is 13.2 Å². The molecule has 0 unspecified atom stereocenters. The van der Waals surface area contributed by atoms with Gasteiger partial charge in [-0.25, -0.2) is 8.42 Å². The van der Waals surface area contributed by atoms with E-state index in [9.17, 15) is 13.2 Å². The van der Waals surface area contributed by atoms with Crippen molar-refractivity contribution in [2.24, 2.45) is 0 Å². The SMILES string of the molecule is CSc1ccccc1NC(=O)CN(c1cccc(C)c1C)S(=O)(=O)c1ccc(C)cc1. The molecule has 162 valence electrons. The topological polar surface area (TPSA) is 66.5 Å². The Morgan fingerprint density at radius 3 is 2.29 bits per heavy atom. The quantitative estimate of drug-likeness (QED) is 0.500. The third-order valence-electron chi connectivity index (χ3n) is 5.12. The average Bonchev–Trinajstić information content (AvgIpc) is 2.75. The number of anilines is 2. The van der Waals surface area contributed by atoms with Crippen LogP contribution in [0.4, 0.5) is 11.4 Å². The fraction of sp³-hybridized carbons (Fsp3) is 0.208. The van der Waals surface area contributed by atoms with Gasteiger partial charge in [-0.1, -0.05) is 42.0 Å². The van der Waals surface area contributed by atoms with Gasteiger partial charge in [-0.15, -0.1) is 11.8 Å². The largest absolute Gasteiger partial charge is 0.323 e. The molecule has 0 spiro atoms. The fourth-order valence-corrected chi connectivity index (χ4v) is 5.24. The molecule has 3 aromatic carbocycles. The van der Waals surface area contributed by atoms with Crippen LogP contribution in [0.5, 0.6) is 0 Å². The standard InChI is InChI=1S/C24H26N2O3S2/c1-17-12-14-20(15-13-17)31(28,29)26(22-10-7-8-18(2)19(22)3)16-24(27)25-21-9-5-6-11-23(21)30-4/h5-15H,16H2,1-4H3,(H,25,27). The van der Waals surface area contributed by atoms with E-state index in [1.807, 2.05) is 51.3 Å². The number of carbonyl (C=O) groups is 1. The molecular formula is C24H26N2O3S2. The van der Waals surface area contributed by atoms with E-state index in [4.69, 9.17) is 0 Å². The molecule has 0 aromatic heterocycles. The molecule has 3 rings (SSSR count). The minimum Gasteiger partial charge on any atom is -0.323 e. The molecule has 1 N–H and O–H groups in total. The lowest BCUT2D eigenvalue weighted by molar-refractivity contribution is -0.114. The molecule has 0 saturated heterocycles. The van der Waals surface area contributed by atoms with Gasteiger partial charge in [-0.3, -0.25) is 9.10 Å². The van der Waals surface area contributed by atoms with Crippen molar-refractivity contribution in [2.45, 2.75) is 30.6 Å². The predicted octanol–water partition coefficient (Wildman–Crippen LogP) is 5.17. The molecule has 7 heteroatoms. The first-order chi connectivity index (χ1) is 14.7. The Labute approximate surface area is 188 Å². The monoisotopic (exact) mass is 454 g/mol. The number of rotatable bonds is 7. The maximum atomic E-state index is 13.6. The van der Waals surface area contributed by atoms with Gasteiger partial charge in [0, 0.05) is 4.90 Å². The van der Waals surface area contributed by atoms with Crippen molar-refractivity contribution in [3.8, 4) is 0 Å². The third-order valence-corrected chi connectivity index (χ3v) is 7.69. The van der Waals surface area contributed by atoms with Crippen LogP contribution in [0.15, 0.2) is 76.5 Å². The van der Waals surface area contributed by atoms with Crippen LogP contribution in [0.25, 0.3) is 0 Å². The van der Waals surface area contributed by atoms with Gasteiger partial charge in [0.05, 0.1) is 16.3 Å². The summed E-state index contributed by atoms with van der Waals surface area (Å²) in [7, 11) is -3.95. The van der Waals surface area contributed by atoms with Gasteiger partial charge in [-0.05, 0) is 68.5 Å². The normalized spacial score (nSPS) is 11.2. The Kier molecular flexibility index (Phi) is 7.08. The first-order valence-corrected chi connectivity index (χ1v) is 12.5. The highest BCUT2D eigenvalue weighted by molar-refractivity contribution is 7.98. The van der Waals surface area contributed by atoms with Crippen LogP contribution in [0, 0.1) is 20.8 Å². The first-order valence-electron chi connectivity index (χ1n) is 9.82. The molecule has 0 radical (unpaired) electrons. The second-order valence-electron chi connectivity index (χ2n) is 7.29. The number of nitrogens with zero attached hydrogens (tertiary/aromatic N) is 1. The Morgan fingerprint density at radius 2 is 1.61 bits per heavy atom. The van der Waals surface area contributed by atoms with Crippen LogP contribution in [-0.2, 0) is 14.8 Å². The summed E-state index contributed by atoms with van der Waals surface area (Å²) in [5, 5.41) is 2.86. The second-order valence-corrected chi connectivity index (χ2v) is 10.0. The van der Waals surface area contributed by atoms with Crippen molar-refractivity contribution in [1.29, 1.82) is 0 Å². The van der Waals surface area contributed by atoms with E-state index in [-0.39, 0.29) is 11.4 Å². The summed E-state index contributed by atoms with van der Waals surface area (Å²) < 4.78 is 28.3. The van der Waals surface area contributed by atoms with Gasteiger partial charge in [0.2, 0.25) is 5.91 Å². The third kappa shape index (κ3) is 5.11. The molecule has 0 atom stereocenters. The van der Waals surface area contributed by atoms with E-state index in [2.05, 4.69) is 5.32 Å². The van der Waals surface area contributed by atoms with E-state index < -0.39 is 15.9 Å². The first kappa shape index (κ1) is 22.9. The summed E-state index contributed by atoms with van der Waals surface area (Å²) in [5.41, 5.74) is 3.89. The van der Waals surface area contributed by atoms with E-state index >= 15 is 0 Å². The van der Waals surface area contributed by atoms with Crippen molar-refractivity contribution >= 4 is 39.1 Å². The lowest BCUT2D eigenvalue weighted by Gasteiger charge is -2.26. The molecular weight excluding hydrogens is 428 g/mol. The van der Waals surface area contributed by atoms with E-state index in [0.717, 1.165) is 21.6 Å². The number of benzene rings is 3. The fourth-order valence-electron chi connectivity index (χ4n) is 3.21. The maximum Gasteiger partial charge on any atom is 0.264 e. The number of hydrogen-bond acceptors (Lipinski definition) is 4. The van der Waals surface area contributed by atoms with Crippen molar-refractivity contribution in [1.82, 2.24) is 0 Å². The Balaban J connectivity index is 2.01. The van der Waals surface area contributed by atoms with Crippen LogP contribution >= 0.6 is 11.8 Å². The number of carbonyl (C=O) groups excluding carboxylic acids is 1. The molecule has 0 aliphatic heterocycles. The van der Waals surface area contributed by atoms with Crippen LogP contribution in [-0.4, -0.2) is 27.1 Å². The Bertz CT molecular complexity index is 1190. The lowest BCUT2D eigenvalue weighted by Crippen LogP contribution is -2.38. The number of amides is 1. The summed E-state index contributed by atoms with van der Waals surface area (Å²) in [5.74, 6) is -0.405. The van der Waals surface area contributed by atoms with Crippen molar-refractivity contribution in [3.63, 3.8) is 0 Å². The minimum atomic E-state index is -3.95. The summed E-state index contributed by atoms with van der Waals surface area (Å²) in [6.45, 7) is 5.35. The average molecular weight is 455 g/mol. The Hall–Kier alpha value is -2.77. The number of para-hydroxylation sites is 1. The highest BCUT2D eigenvalue weighted by Gasteiger charge is 2.28. The smallest absolute Gasteiger partial charge is 0.264 e. The minimum absolute atomic E-state index is 0.149. The zero-order valence-corrected chi connectivity index (χ0v) is 19.7. The predicted molar refractivity (Wildman–Crippen MR) is 128 cm³/mol. The second kappa shape index (κ2) is 9.58. The van der Waals surface area contributed by atoms with E-state index in [1.165, 1.54) is 16.1 Å². The van der Waals surface area contributed by atoms with Crippen LogP contribution < -0.4 is 9.62 Å². The summed E-state index contributed by atoms with van der Waals surface area (Å²) in [6.07, 6.45) is 1.93. The van der Waals surface area contributed by atoms with Gasteiger partial charge < -0.3 is 5.32 Å². The van der Waals surface area contributed by atoms with Crippen LogP contribution in [0.1, 0.15) is 16.7 Å². The van der Waals surface area contributed by atoms with Gasteiger partial charge in [0.15, 0.2) is 0 Å². The highest BCUT2D eigenvalue weighted by Crippen LogP contribution is 2.29. The summed E-state index contributed by atoms with van der Waals surface area (Å²) in [4.78, 5) is 14.0. The van der Waals surface area contributed by atoms with E-state index in [0.29, 0.717) is 11.4 Å². The number of nitrogens with one attached hydrogen (secondary N) is 1. The number of sulfonamides is 1. The molecule has 0 saturated carbocycles. The lowest BCUT2D eigenvalue weighted by atomic mass is 10.1. The van der Waals surface area contributed by atoms with Crippen LogP contribution in [0.3, 0.4) is 0 Å². The highest BCUT2D eigenvalue weighted by atomic mass is 32.2. The number of hydrogen-bond donors (Lipinski definition) is 1. The molecule has 0 aliphatic rings. The molecule has 0 aliphatic carbocycles. The van der Waals surface area contributed by atoms with E-state index in [1.54, 1.807) is 42.5 Å². The molecule has 0 heterocycles. The number of thioether (sulfide) groups is 1. The van der Waals surface area contributed by atoms with Gasteiger partial charge in [-0.2, -0.15) is 0 Å². The zero-order chi connectivity index (χ0) is 22.6. The summed E-state index contributed by atoms with van der Waals surface area (Å²) >= 11 is 1.51. The zero-order valence-electron chi connectivity index (χ0n) is 18.0.